The van der Waals surface area contributed by atoms with Crippen LogP contribution in [0, 0.1) is 5.92 Å². The SMILES string of the molecule is CCCC(CBr)CN(CCO)C1CC1. The van der Waals surface area contributed by atoms with Crippen LogP contribution in [-0.4, -0.2) is 41.1 Å². The van der Waals surface area contributed by atoms with Crippen LogP contribution in [0.15, 0.2) is 0 Å². The van der Waals surface area contributed by atoms with E-state index in [0.29, 0.717) is 6.61 Å². The minimum Gasteiger partial charge on any atom is -0.395 e. The van der Waals surface area contributed by atoms with Gasteiger partial charge in [-0.1, -0.05) is 29.3 Å². The molecule has 1 aliphatic carbocycles. The van der Waals surface area contributed by atoms with E-state index in [2.05, 4.69) is 27.8 Å². The number of nitrogens with zero attached hydrogens (tertiary/aromatic N) is 1. The average Bonchev–Trinajstić information content (AvgIpc) is 2.99. The zero-order valence-electron chi connectivity index (χ0n) is 9.08. The molecule has 2 nitrogen and oxygen atoms in total. The molecule has 0 bridgehead atoms. The van der Waals surface area contributed by atoms with Gasteiger partial charge in [-0.15, -0.1) is 0 Å². The fraction of sp³-hybridized carbons (Fsp3) is 1.00. The number of aliphatic hydroxyl groups is 1. The lowest BCUT2D eigenvalue weighted by molar-refractivity contribution is 0.170. The van der Waals surface area contributed by atoms with Crippen molar-refractivity contribution in [3.8, 4) is 0 Å². The molecule has 1 fully saturated rings. The molecular weight excluding hydrogens is 242 g/mol. The molecule has 84 valence electrons. The van der Waals surface area contributed by atoms with Crippen LogP contribution in [0.4, 0.5) is 0 Å². The van der Waals surface area contributed by atoms with Crippen molar-refractivity contribution in [2.45, 2.75) is 38.6 Å². The van der Waals surface area contributed by atoms with Gasteiger partial charge in [-0.3, -0.25) is 4.90 Å². The molecule has 0 aliphatic heterocycles. The second kappa shape index (κ2) is 6.81. The maximum atomic E-state index is 8.98. The standard InChI is InChI=1S/C11H22BrNO/c1-2-3-10(8-12)9-13(6-7-14)11-4-5-11/h10-11,14H,2-9H2,1H3. The van der Waals surface area contributed by atoms with Gasteiger partial charge in [-0.2, -0.15) is 0 Å². The third kappa shape index (κ3) is 4.28. The number of hydrogen-bond donors (Lipinski definition) is 1. The van der Waals surface area contributed by atoms with Crippen LogP contribution in [0.3, 0.4) is 0 Å². The highest BCUT2D eigenvalue weighted by molar-refractivity contribution is 9.09. The van der Waals surface area contributed by atoms with Crippen molar-refractivity contribution < 1.29 is 5.11 Å². The number of aliphatic hydroxyl groups excluding tert-OH is 1. The lowest BCUT2D eigenvalue weighted by Crippen LogP contribution is -2.34. The summed E-state index contributed by atoms with van der Waals surface area (Å²) in [6.07, 6.45) is 5.22. The largest absolute Gasteiger partial charge is 0.395 e. The summed E-state index contributed by atoms with van der Waals surface area (Å²) in [6, 6.07) is 0.778. The Bertz CT molecular complexity index is 150. The molecule has 1 atom stereocenters. The van der Waals surface area contributed by atoms with E-state index >= 15 is 0 Å². The van der Waals surface area contributed by atoms with Crippen molar-refractivity contribution >= 4 is 15.9 Å². The van der Waals surface area contributed by atoms with Crippen LogP contribution in [-0.2, 0) is 0 Å². The summed E-state index contributed by atoms with van der Waals surface area (Å²) in [7, 11) is 0. The second-order valence-corrected chi connectivity index (χ2v) is 4.91. The molecule has 0 amide bonds. The number of hydrogen-bond acceptors (Lipinski definition) is 2. The van der Waals surface area contributed by atoms with Crippen LogP contribution in [0.25, 0.3) is 0 Å². The van der Waals surface area contributed by atoms with Crippen molar-refractivity contribution in [1.29, 1.82) is 0 Å². The first kappa shape index (κ1) is 12.5. The Labute approximate surface area is 95.8 Å². The first-order valence-corrected chi connectivity index (χ1v) is 6.84. The molecule has 1 aliphatic rings. The summed E-state index contributed by atoms with van der Waals surface area (Å²) >= 11 is 3.58. The van der Waals surface area contributed by atoms with Gasteiger partial charge in [-0.25, -0.2) is 0 Å². The molecule has 3 heteroatoms. The van der Waals surface area contributed by atoms with Crippen molar-refractivity contribution in [2.24, 2.45) is 5.92 Å². The van der Waals surface area contributed by atoms with E-state index in [-0.39, 0.29) is 0 Å². The van der Waals surface area contributed by atoms with Crippen LogP contribution in [0.1, 0.15) is 32.6 Å². The van der Waals surface area contributed by atoms with Gasteiger partial charge in [0.15, 0.2) is 0 Å². The fourth-order valence-corrected chi connectivity index (χ4v) is 2.48. The Morgan fingerprint density at radius 2 is 2.21 bits per heavy atom. The summed E-state index contributed by atoms with van der Waals surface area (Å²) in [6.45, 7) is 4.56. The molecule has 0 aromatic rings. The minimum atomic E-state index is 0.303. The molecule has 1 unspecified atom stereocenters. The third-order valence-electron chi connectivity index (χ3n) is 2.86. The van der Waals surface area contributed by atoms with E-state index in [1.165, 1.54) is 25.7 Å². The molecule has 0 spiro atoms. The molecule has 0 radical (unpaired) electrons. The van der Waals surface area contributed by atoms with Crippen LogP contribution in [0.2, 0.25) is 0 Å². The van der Waals surface area contributed by atoms with E-state index in [1.807, 2.05) is 0 Å². The summed E-state index contributed by atoms with van der Waals surface area (Å²) in [5, 5.41) is 10.1. The van der Waals surface area contributed by atoms with Gasteiger partial charge >= 0.3 is 0 Å². The first-order valence-electron chi connectivity index (χ1n) is 5.72. The highest BCUT2D eigenvalue weighted by atomic mass is 79.9. The molecular formula is C11H22BrNO. The van der Waals surface area contributed by atoms with Crippen molar-refractivity contribution in [3.63, 3.8) is 0 Å². The smallest absolute Gasteiger partial charge is 0.0558 e. The van der Waals surface area contributed by atoms with Gasteiger partial charge in [0.05, 0.1) is 6.61 Å². The summed E-state index contributed by atoms with van der Waals surface area (Å²) in [4.78, 5) is 2.46. The Balaban J connectivity index is 2.27. The number of rotatable bonds is 8. The fourth-order valence-electron chi connectivity index (χ4n) is 1.95. The molecule has 1 saturated carbocycles. The van der Waals surface area contributed by atoms with Gasteiger partial charge in [-0.05, 0) is 25.2 Å². The third-order valence-corrected chi connectivity index (χ3v) is 3.77. The zero-order valence-corrected chi connectivity index (χ0v) is 10.7. The van der Waals surface area contributed by atoms with Crippen LogP contribution >= 0.6 is 15.9 Å². The normalized spacial score (nSPS) is 18.9. The van der Waals surface area contributed by atoms with Gasteiger partial charge in [0.2, 0.25) is 0 Å². The lowest BCUT2D eigenvalue weighted by atomic mass is 10.1. The molecule has 0 saturated heterocycles. The van der Waals surface area contributed by atoms with E-state index in [9.17, 15) is 0 Å². The second-order valence-electron chi connectivity index (χ2n) is 4.26. The number of alkyl halides is 1. The predicted octanol–water partition coefficient (Wildman–Crippen LogP) is 2.25. The van der Waals surface area contributed by atoms with Crippen LogP contribution in [0.5, 0.6) is 0 Å². The van der Waals surface area contributed by atoms with Crippen molar-refractivity contribution in [2.75, 3.05) is 25.0 Å². The number of halogens is 1. The maximum absolute atomic E-state index is 8.98. The molecule has 0 aromatic heterocycles. The zero-order chi connectivity index (χ0) is 10.4. The van der Waals surface area contributed by atoms with Crippen LogP contribution < -0.4 is 0 Å². The maximum Gasteiger partial charge on any atom is 0.0558 e. The van der Waals surface area contributed by atoms with Crippen molar-refractivity contribution in [3.05, 3.63) is 0 Å². The molecule has 1 N–H and O–H groups in total. The highest BCUT2D eigenvalue weighted by Gasteiger charge is 2.29. The average molecular weight is 264 g/mol. The Kier molecular flexibility index (Phi) is 6.06. The lowest BCUT2D eigenvalue weighted by Gasteiger charge is -2.25. The molecule has 0 heterocycles. The summed E-state index contributed by atoms with van der Waals surface area (Å²) in [5.41, 5.74) is 0. The summed E-state index contributed by atoms with van der Waals surface area (Å²) < 4.78 is 0. The Morgan fingerprint density at radius 1 is 1.50 bits per heavy atom. The van der Waals surface area contributed by atoms with Gasteiger partial charge in [0.1, 0.15) is 0 Å². The van der Waals surface area contributed by atoms with Gasteiger partial charge in [0.25, 0.3) is 0 Å². The van der Waals surface area contributed by atoms with E-state index in [0.717, 1.165) is 30.4 Å². The minimum absolute atomic E-state index is 0.303. The van der Waals surface area contributed by atoms with Gasteiger partial charge in [0, 0.05) is 24.5 Å². The van der Waals surface area contributed by atoms with E-state index in [1.54, 1.807) is 0 Å². The van der Waals surface area contributed by atoms with Crippen molar-refractivity contribution in [1.82, 2.24) is 4.90 Å². The quantitative estimate of drug-likeness (QED) is 0.680. The topological polar surface area (TPSA) is 23.5 Å². The summed E-state index contributed by atoms with van der Waals surface area (Å²) in [5.74, 6) is 0.757. The molecule has 14 heavy (non-hydrogen) atoms. The first-order chi connectivity index (χ1) is 6.81. The van der Waals surface area contributed by atoms with E-state index in [4.69, 9.17) is 5.11 Å². The predicted molar refractivity (Wildman–Crippen MR) is 63.9 cm³/mol. The monoisotopic (exact) mass is 263 g/mol. The molecule has 0 aromatic carbocycles. The Hall–Kier alpha value is 0.400. The van der Waals surface area contributed by atoms with E-state index < -0.39 is 0 Å². The molecule has 1 rings (SSSR count). The van der Waals surface area contributed by atoms with Gasteiger partial charge < -0.3 is 5.11 Å². The Morgan fingerprint density at radius 3 is 2.64 bits per heavy atom. The highest BCUT2D eigenvalue weighted by Crippen LogP contribution is 2.28.